The molecule has 0 aromatic heterocycles. The fourth-order valence-corrected chi connectivity index (χ4v) is 2.78. The van der Waals surface area contributed by atoms with Crippen LogP contribution < -0.4 is 9.47 Å². The van der Waals surface area contributed by atoms with Gasteiger partial charge in [-0.05, 0) is 31.4 Å². The highest BCUT2D eigenvalue weighted by molar-refractivity contribution is 6.32. The van der Waals surface area contributed by atoms with Crippen LogP contribution in [0.2, 0.25) is 5.02 Å². The summed E-state index contributed by atoms with van der Waals surface area (Å²) in [5, 5.41) is 0.442. The molecule has 3 rings (SSSR count). The van der Waals surface area contributed by atoms with E-state index < -0.39 is 0 Å². The van der Waals surface area contributed by atoms with Crippen molar-refractivity contribution in [3.05, 3.63) is 22.7 Å². The van der Waals surface area contributed by atoms with Crippen molar-refractivity contribution in [1.29, 1.82) is 0 Å². The van der Waals surface area contributed by atoms with E-state index in [9.17, 15) is 4.79 Å². The predicted molar refractivity (Wildman–Crippen MR) is 72.2 cm³/mol. The number of piperidine rings is 1. The van der Waals surface area contributed by atoms with Gasteiger partial charge in [-0.15, -0.1) is 0 Å². The number of ether oxygens (including phenoxy) is 2. The molecule has 1 fully saturated rings. The molecule has 1 saturated heterocycles. The van der Waals surface area contributed by atoms with Gasteiger partial charge in [0, 0.05) is 18.7 Å². The van der Waals surface area contributed by atoms with Crippen LogP contribution in [0.4, 0.5) is 0 Å². The number of halogens is 1. The van der Waals surface area contributed by atoms with E-state index in [2.05, 4.69) is 0 Å². The molecule has 0 radical (unpaired) electrons. The number of rotatable bonds is 1. The second kappa shape index (κ2) is 5.29. The molecule has 2 aliphatic rings. The quantitative estimate of drug-likeness (QED) is 0.794. The Bertz CT molecular complexity index is 498. The van der Waals surface area contributed by atoms with Crippen molar-refractivity contribution < 1.29 is 14.3 Å². The van der Waals surface area contributed by atoms with E-state index in [0.29, 0.717) is 35.3 Å². The highest BCUT2D eigenvalue weighted by atomic mass is 35.5. The van der Waals surface area contributed by atoms with E-state index in [1.54, 1.807) is 12.1 Å². The van der Waals surface area contributed by atoms with Crippen LogP contribution >= 0.6 is 11.6 Å². The van der Waals surface area contributed by atoms with Crippen LogP contribution in [-0.2, 0) is 0 Å². The van der Waals surface area contributed by atoms with E-state index >= 15 is 0 Å². The Hall–Kier alpha value is -1.42. The molecule has 0 atom stereocenters. The van der Waals surface area contributed by atoms with Crippen molar-refractivity contribution in [2.45, 2.75) is 19.3 Å². The van der Waals surface area contributed by atoms with Crippen LogP contribution in [0.3, 0.4) is 0 Å². The maximum absolute atomic E-state index is 12.4. The van der Waals surface area contributed by atoms with Gasteiger partial charge in [-0.25, -0.2) is 0 Å². The topological polar surface area (TPSA) is 38.8 Å². The second-order valence-electron chi connectivity index (χ2n) is 4.84. The third-order valence-electron chi connectivity index (χ3n) is 3.49. The fourth-order valence-electron chi connectivity index (χ4n) is 2.51. The average Bonchev–Trinajstić information content (AvgIpc) is 2.47. The Labute approximate surface area is 117 Å². The standard InChI is InChI=1S/C14H16ClNO3/c15-11-8-10(9-12-13(11)19-7-6-18-12)14(17)16-4-2-1-3-5-16/h8-9H,1-7H2. The average molecular weight is 282 g/mol. The van der Waals surface area contributed by atoms with Gasteiger partial charge in [-0.3, -0.25) is 4.79 Å². The summed E-state index contributed by atoms with van der Waals surface area (Å²) < 4.78 is 11.0. The molecular formula is C14H16ClNO3. The number of carbonyl (C=O) groups excluding carboxylic acids is 1. The van der Waals surface area contributed by atoms with Crippen molar-refractivity contribution in [2.75, 3.05) is 26.3 Å². The molecular weight excluding hydrogens is 266 g/mol. The van der Waals surface area contributed by atoms with Crippen LogP contribution in [0.25, 0.3) is 0 Å². The number of carbonyl (C=O) groups is 1. The molecule has 1 aromatic carbocycles. The minimum atomic E-state index is 0.0265. The lowest BCUT2D eigenvalue weighted by Crippen LogP contribution is -2.35. The first kappa shape index (κ1) is 12.6. The highest BCUT2D eigenvalue weighted by Crippen LogP contribution is 2.38. The number of nitrogens with zero attached hydrogens (tertiary/aromatic N) is 1. The summed E-state index contributed by atoms with van der Waals surface area (Å²) >= 11 is 6.15. The van der Waals surface area contributed by atoms with E-state index in [1.807, 2.05) is 4.90 Å². The van der Waals surface area contributed by atoms with Crippen LogP contribution in [-0.4, -0.2) is 37.1 Å². The van der Waals surface area contributed by atoms with Gasteiger partial charge in [0.05, 0.1) is 5.02 Å². The summed E-state index contributed by atoms with van der Waals surface area (Å²) in [5.41, 5.74) is 0.580. The number of fused-ring (bicyclic) bond motifs is 1. The molecule has 4 nitrogen and oxygen atoms in total. The summed E-state index contributed by atoms with van der Waals surface area (Å²) in [6.45, 7) is 2.63. The predicted octanol–water partition coefficient (Wildman–Crippen LogP) is 2.74. The minimum absolute atomic E-state index is 0.0265. The third-order valence-corrected chi connectivity index (χ3v) is 3.77. The summed E-state index contributed by atoms with van der Waals surface area (Å²) in [4.78, 5) is 14.3. The van der Waals surface area contributed by atoms with Crippen molar-refractivity contribution in [3.63, 3.8) is 0 Å². The van der Waals surface area contributed by atoms with Crippen LogP contribution in [0.1, 0.15) is 29.6 Å². The van der Waals surface area contributed by atoms with E-state index in [4.69, 9.17) is 21.1 Å². The van der Waals surface area contributed by atoms with E-state index in [1.165, 1.54) is 6.42 Å². The van der Waals surface area contributed by atoms with Crippen LogP contribution in [0.5, 0.6) is 11.5 Å². The monoisotopic (exact) mass is 281 g/mol. The number of hydrogen-bond acceptors (Lipinski definition) is 3. The molecule has 0 aliphatic carbocycles. The molecule has 0 saturated carbocycles. The van der Waals surface area contributed by atoms with Crippen LogP contribution in [0, 0.1) is 0 Å². The number of benzene rings is 1. The lowest BCUT2D eigenvalue weighted by Gasteiger charge is -2.27. The molecule has 5 heteroatoms. The van der Waals surface area contributed by atoms with Crippen molar-refractivity contribution in [1.82, 2.24) is 4.90 Å². The number of amides is 1. The highest BCUT2D eigenvalue weighted by Gasteiger charge is 2.23. The van der Waals surface area contributed by atoms with Gasteiger partial charge in [-0.1, -0.05) is 11.6 Å². The molecule has 1 aromatic rings. The van der Waals surface area contributed by atoms with E-state index in [-0.39, 0.29) is 5.91 Å². The van der Waals surface area contributed by atoms with Gasteiger partial charge in [-0.2, -0.15) is 0 Å². The van der Waals surface area contributed by atoms with Gasteiger partial charge < -0.3 is 14.4 Å². The first-order valence-corrected chi connectivity index (χ1v) is 7.02. The zero-order valence-corrected chi connectivity index (χ0v) is 11.4. The second-order valence-corrected chi connectivity index (χ2v) is 5.24. The van der Waals surface area contributed by atoms with Gasteiger partial charge in [0.25, 0.3) is 5.91 Å². The zero-order valence-electron chi connectivity index (χ0n) is 10.7. The Kier molecular flexibility index (Phi) is 3.51. The van der Waals surface area contributed by atoms with Crippen LogP contribution in [0.15, 0.2) is 12.1 Å². The Morgan fingerprint density at radius 3 is 2.63 bits per heavy atom. The van der Waals surface area contributed by atoms with Crippen molar-refractivity contribution in [2.24, 2.45) is 0 Å². The number of likely N-dealkylation sites (tertiary alicyclic amines) is 1. The third kappa shape index (κ3) is 2.50. The molecule has 1 amide bonds. The molecule has 2 aliphatic heterocycles. The molecule has 0 spiro atoms. The summed E-state index contributed by atoms with van der Waals surface area (Å²) in [6.07, 6.45) is 3.35. The summed E-state index contributed by atoms with van der Waals surface area (Å²) in [6, 6.07) is 3.41. The van der Waals surface area contributed by atoms with Gasteiger partial charge in [0.1, 0.15) is 13.2 Å². The lowest BCUT2D eigenvalue weighted by molar-refractivity contribution is 0.0723. The van der Waals surface area contributed by atoms with Crippen molar-refractivity contribution >= 4 is 17.5 Å². The Morgan fingerprint density at radius 2 is 1.84 bits per heavy atom. The van der Waals surface area contributed by atoms with Gasteiger partial charge in [0.2, 0.25) is 0 Å². The first-order chi connectivity index (χ1) is 9.25. The Balaban J connectivity index is 1.88. The fraction of sp³-hybridized carbons (Fsp3) is 0.500. The molecule has 19 heavy (non-hydrogen) atoms. The largest absolute Gasteiger partial charge is 0.486 e. The molecule has 0 N–H and O–H groups in total. The van der Waals surface area contributed by atoms with E-state index in [0.717, 1.165) is 25.9 Å². The Morgan fingerprint density at radius 1 is 1.11 bits per heavy atom. The van der Waals surface area contributed by atoms with Crippen molar-refractivity contribution in [3.8, 4) is 11.5 Å². The maximum atomic E-state index is 12.4. The SMILES string of the molecule is O=C(c1cc(Cl)c2c(c1)OCCO2)N1CCCCC1. The summed E-state index contributed by atoms with van der Waals surface area (Å²) in [7, 11) is 0. The lowest BCUT2D eigenvalue weighted by atomic mass is 10.1. The summed E-state index contributed by atoms with van der Waals surface area (Å²) in [5.74, 6) is 1.14. The number of hydrogen-bond donors (Lipinski definition) is 0. The molecule has 102 valence electrons. The van der Waals surface area contributed by atoms with Gasteiger partial charge >= 0.3 is 0 Å². The molecule has 2 heterocycles. The molecule has 0 bridgehead atoms. The first-order valence-electron chi connectivity index (χ1n) is 6.64. The van der Waals surface area contributed by atoms with Gasteiger partial charge in [0.15, 0.2) is 11.5 Å². The minimum Gasteiger partial charge on any atom is -0.486 e. The maximum Gasteiger partial charge on any atom is 0.254 e. The zero-order chi connectivity index (χ0) is 13.2. The molecule has 0 unspecified atom stereocenters. The smallest absolute Gasteiger partial charge is 0.254 e. The normalized spacial score (nSPS) is 18.3.